The zero-order valence-corrected chi connectivity index (χ0v) is 13.4. The predicted octanol–water partition coefficient (Wildman–Crippen LogP) is 4.85. The lowest BCUT2D eigenvalue weighted by Crippen LogP contribution is -2.32. The van der Waals surface area contributed by atoms with E-state index in [2.05, 4.69) is 19.2 Å². The first kappa shape index (κ1) is 15.8. The molecule has 3 heteroatoms. The first-order valence-corrected chi connectivity index (χ1v) is 8.00. The van der Waals surface area contributed by atoms with Crippen LogP contribution in [0.5, 0.6) is 0 Å². The van der Waals surface area contributed by atoms with Gasteiger partial charge in [0, 0.05) is 5.02 Å². The third-order valence-corrected chi connectivity index (χ3v) is 5.04. The fraction of sp³-hybridized carbons (Fsp3) is 0.647. The van der Waals surface area contributed by atoms with E-state index < -0.39 is 0 Å². The van der Waals surface area contributed by atoms with Gasteiger partial charge in [-0.2, -0.15) is 0 Å². The van der Waals surface area contributed by atoms with Crippen molar-refractivity contribution in [3.05, 3.63) is 34.6 Å². The van der Waals surface area contributed by atoms with Gasteiger partial charge in [-0.25, -0.2) is 4.39 Å². The van der Waals surface area contributed by atoms with Crippen LogP contribution in [0.15, 0.2) is 18.2 Å². The number of hydrogen-bond acceptors (Lipinski definition) is 1. The van der Waals surface area contributed by atoms with Crippen LogP contribution in [-0.4, -0.2) is 13.6 Å². The van der Waals surface area contributed by atoms with Crippen molar-refractivity contribution in [2.75, 3.05) is 13.6 Å². The first-order chi connectivity index (χ1) is 9.52. The average molecular weight is 298 g/mol. The smallest absolute Gasteiger partial charge is 0.128 e. The van der Waals surface area contributed by atoms with Gasteiger partial charge in [0.2, 0.25) is 0 Å². The predicted molar refractivity (Wildman–Crippen MR) is 83.7 cm³/mol. The van der Waals surface area contributed by atoms with Gasteiger partial charge in [-0.15, -0.1) is 0 Å². The normalized spacial score (nSPS) is 27.0. The van der Waals surface area contributed by atoms with E-state index in [1.165, 1.54) is 18.9 Å². The van der Waals surface area contributed by atoms with Crippen molar-refractivity contribution in [1.29, 1.82) is 0 Å². The Balaban J connectivity index is 2.26. The second-order valence-corrected chi connectivity index (χ2v) is 6.84. The van der Waals surface area contributed by atoms with Gasteiger partial charge < -0.3 is 5.32 Å². The minimum Gasteiger partial charge on any atom is -0.319 e. The Hall–Kier alpha value is -0.600. The Morgan fingerprint density at radius 2 is 2.10 bits per heavy atom. The molecule has 1 aliphatic rings. The fourth-order valence-electron chi connectivity index (χ4n) is 3.56. The molecule has 0 aromatic heterocycles. The molecule has 1 aliphatic carbocycles. The van der Waals surface area contributed by atoms with Crippen LogP contribution >= 0.6 is 11.6 Å². The van der Waals surface area contributed by atoms with Crippen LogP contribution < -0.4 is 5.32 Å². The third-order valence-electron chi connectivity index (χ3n) is 4.81. The molecule has 1 aromatic carbocycles. The summed E-state index contributed by atoms with van der Waals surface area (Å²) < 4.78 is 14.3. The van der Waals surface area contributed by atoms with Crippen LogP contribution in [0.1, 0.15) is 44.6 Å². The van der Waals surface area contributed by atoms with Gasteiger partial charge in [0.1, 0.15) is 5.82 Å². The van der Waals surface area contributed by atoms with E-state index >= 15 is 0 Å². The summed E-state index contributed by atoms with van der Waals surface area (Å²) in [4.78, 5) is 0. The molecular formula is C17H25ClFN. The van der Waals surface area contributed by atoms with E-state index in [0.29, 0.717) is 28.7 Å². The molecule has 0 amide bonds. The fourth-order valence-corrected chi connectivity index (χ4v) is 3.72. The molecule has 0 bridgehead atoms. The zero-order chi connectivity index (χ0) is 14.7. The second-order valence-electron chi connectivity index (χ2n) is 6.41. The molecule has 0 spiro atoms. The maximum absolute atomic E-state index is 14.3. The highest BCUT2D eigenvalue weighted by molar-refractivity contribution is 6.30. The highest BCUT2D eigenvalue weighted by atomic mass is 35.5. The summed E-state index contributed by atoms with van der Waals surface area (Å²) in [6, 6.07) is 5.15. The van der Waals surface area contributed by atoms with Crippen LogP contribution in [-0.2, 0) is 0 Å². The van der Waals surface area contributed by atoms with Gasteiger partial charge in [0.15, 0.2) is 0 Å². The highest BCUT2D eigenvalue weighted by Gasteiger charge is 2.33. The average Bonchev–Trinajstić information content (AvgIpc) is 2.40. The van der Waals surface area contributed by atoms with Crippen molar-refractivity contribution < 1.29 is 4.39 Å². The molecule has 1 saturated carbocycles. The molecule has 0 heterocycles. The lowest BCUT2D eigenvalue weighted by Gasteiger charge is -2.38. The van der Waals surface area contributed by atoms with Crippen LogP contribution in [0, 0.1) is 23.6 Å². The monoisotopic (exact) mass is 297 g/mol. The molecular weight excluding hydrogens is 273 g/mol. The van der Waals surface area contributed by atoms with Crippen molar-refractivity contribution in [2.45, 2.75) is 39.0 Å². The van der Waals surface area contributed by atoms with Crippen molar-refractivity contribution in [3.63, 3.8) is 0 Å². The Morgan fingerprint density at radius 1 is 1.35 bits per heavy atom. The van der Waals surface area contributed by atoms with E-state index in [1.807, 2.05) is 19.2 Å². The molecule has 3 atom stereocenters. The standard InChI is InChI=1S/C17H25ClFN/c1-11(2)12-4-5-13(10-20-3)16(8-12)15-7-6-14(18)9-17(15)19/h6-7,9,11-13,16,20H,4-5,8,10H2,1-3H3. The van der Waals surface area contributed by atoms with Gasteiger partial charge in [-0.05, 0) is 74.2 Å². The molecule has 2 rings (SSSR count). The number of rotatable bonds is 4. The summed E-state index contributed by atoms with van der Waals surface area (Å²) in [7, 11) is 1.98. The zero-order valence-electron chi connectivity index (χ0n) is 12.6. The first-order valence-electron chi connectivity index (χ1n) is 7.62. The number of halogens is 2. The van der Waals surface area contributed by atoms with E-state index in [-0.39, 0.29) is 5.82 Å². The maximum Gasteiger partial charge on any atom is 0.128 e. The van der Waals surface area contributed by atoms with E-state index in [4.69, 9.17) is 11.6 Å². The minimum atomic E-state index is -0.145. The van der Waals surface area contributed by atoms with Gasteiger partial charge in [0.25, 0.3) is 0 Å². The minimum absolute atomic E-state index is 0.145. The lowest BCUT2D eigenvalue weighted by atomic mass is 9.68. The second kappa shape index (κ2) is 6.91. The lowest BCUT2D eigenvalue weighted by molar-refractivity contribution is 0.190. The molecule has 1 N–H and O–H groups in total. The summed E-state index contributed by atoms with van der Waals surface area (Å²) in [5, 5.41) is 3.74. The third kappa shape index (κ3) is 3.53. The Morgan fingerprint density at radius 3 is 2.70 bits per heavy atom. The largest absolute Gasteiger partial charge is 0.319 e. The van der Waals surface area contributed by atoms with Crippen molar-refractivity contribution in [2.24, 2.45) is 17.8 Å². The molecule has 1 nitrogen and oxygen atoms in total. The number of nitrogens with one attached hydrogen (secondary N) is 1. The quantitative estimate of drug-likeness (QED) is 0.837. The summed E-state index contributed by atoms with van der Waals surface area (Å²) in [5.41, 5.74) is 0.847. The molecule has 0 saturated heterocycles. The van der Waals surface area contributed by atoms with Crippen LogP contribution in [0.25, 0.3) is 0 Å². The summed E-state index contributed by atoms with van der Waals surface area (Å²) in [6.45, 7) is 5.51. The topological polar surface area (TPSA) is 12.0 Å². The summed E-state index contributed by atoms with van der Waals surface area (Å²) in [5.74, 6) is 2.05. The molecule has 112 valence electrons. The maximum atomic E-state index is 14.3. The van der Waals surface area contributed by atoms with Gasteiger partial charge in [0.05, 0.1) is 0 Å². The van der Waals surface area contributed by atoms with Gasteiger partial charge >= 0.3 is 0 Å². The Bertz CT molecular complexity index is 447. The van der Waals surface area contributed by atoms with Crippen LogP contribution in [0.2, 0.25) is 5.02 Å². The summed E-state index contributed by atoms with van der Waals surface area (Å²) in [6.07, 6.45) is 3.52. The molecule has 0 radical (unpaired) electrons. The molecule has 1 aromatic rings. The summed E-state index contributed by atoms with van der Waals surface area (Å²) >= 11 is 5.88. The van der Waals surface area contributed by atoms with Crippen LogP contribution in [0.4, 0.5) is 4.39 Å². The van der Waals surface area contributed by atoms with Gasteiger partial charge in [-0.3, -0.25) is 0 Å². The van der Waals surface area contributed by atoms with Gasteiger partial charge in [-0.1, -0.05) is 31.5 Å². The molecule has 3 unspecified atom stereocenters. The number of benzene rings is 1. The SMILES string of the molecule is CNCC1CCC(C(C)C)CC1c1ccc(Cl)cc1F. The highest BCUT2D eigenvalue weighted by Crippen LogP contribution is 2.43. The number of hydrogen-bond donors (Lipinski definition) is 1. The van der Waals surface area contributed by atoms with E-state index in [1.54, 1.807) is 0 Å². The van der Waals surface area contributed by atoms with Crippen molar-refractivity contribution in [3.8, 4) is 0 Å². The van der Waals surface area contributed by atoms with Crippen LogP contribution in [0.3, 0.4) is 0 Å². The molecule has 1 fully saturated rings. The molecule has 20 heavy (non-hydrogen) atoms. The molecule has 0 aliphatic heterocycles. The van der Waals surface area contributed by atoms with Crippen molar-refractivity contribution >= 4 is 11.6 Å². The Labute approximate surface area is 126 Å². The van der Waals surface area contributed by atoms with Crippen molar-refractivity contribution in [1.82, 2.24) is 5.32 Å². The van der Waals surface area contributed by atoms with E-state index in [0.717, 1.165) is 18.5 Å². The van der Waals surface area contributed by atoms with E-state index in [9.17, 15) is 4.39 Å². The Kier molecular flexibility index (Phi) is 5.45.